The number of nitrogens with one attached hydrogen (secondary N) is 2. The highest BCUT2D eigenvalue weighted by atomic mass is 32.1. The summed E-state index contributed by atoms with van der Waals surface area (Å²) in [6.07, 6.45) is 2.67. The molecule has 0 spiro atoms. The lowest BCUT2D eigenvalue weighted by molar-refractivity contribution is -0.144. The van der Waals surface area contributed by atoms with Gasteiger partial charge in [0, 0.05) is 49.1 Å². The highest BCUT2D eigenvalue weighted by Crippen LogP contribution is 2.34. The number of benzene rings is 3. The summed E-state index contributed by atoms with van der Waals surface area (Å²) in [4.78, 5) is 56.6. The Morgan fingerprint density at radius 2 is 1.63 bits per heavy atom. The van der Waals surface area contributed by atoms with E-state index in [0.717, 1.165) is 77.9 Å². The van der Waals surface area contributed by atoms with E-state index in [-0.39, 0.29) is 38.6 Å². The van der Waals surface area contributed by atoms with Crippen LogP contribution in [0.5, 0.6) is 5.75 Å². The number of aromatic nitrogens is 3. The average Bonchev–Trinajstić information content (AvgIpc) is 4.03. The lowest BCUT2D eigenvalue weighted by atomic mass is 9.85. The van der Waals surface area contributed by atoms with Crippen molar-refractivity contribution in [1.82, 2.24) is 30.5 Å². The Hall–Kier alpha value is -5.58. The maximum atomic E-state index is 13.9. The predicted molar refractivity (Wildman–Crippen MR) is 246 cm³/mol. The molecular weight excluding hydrogens is 837 g/mol. The fourth-order valence-corrected chi connectivity index (χ4v) is 9.24. The molecule has 6 aromatic rings. The molecule has 0 bridgehead atoms. The monoisotopic (exact) mass is 890 g/mol. The number of likely N-dealkylation sites (tertiary alicyclic amines) is 1. The molecule has 15 heteroatoms. The molecule has 0 radical (unpaired) electrons. The van der Waals surface area contributed by atoms with Crippen LogP contribution in [-0.4, -0.2) is 101 Å². The van der Waals surface area contributed by atoms with Gasteiger partial charge in [0.25, 0.3) is 0 Å². The van der Waals surface area contributed by atoms with Crippen LogP contribution in [-0.2, 0) is 36.8 Å². The smallest absolute Gasteiger partial charge is 0.246 e. The highest BCUT2D eigenvalue weighted by Gasteiger charge is 2.44. The van der Waals surface area contributed by atoms with E-state index >= 15 is 0 Å². The quantitative estimate of drug-likeness (QED) is 0.0750. The number of fused-ring (bicyclic) bond motifs is 1. The number of nitrogens with zero attached hydrogens (tertiary/aromatic N) is 4. The van der Waals surface area contributed by atoms with Crippen molar-refractivity contribution in [1.29, 1.82) is 0 Å². The van der Waals surface area contributed by atoms with Crippen LogP contribution >= 0.6 is 22.7 Å². The number of aliphatic hydroxyl groups is 1. The summed E-state index contributed by atoms with van der Waals surface area (Å²) in [6.45, 7) is 8.53. The zero-order valence-electron chi connectivity index (χ0n) is 36.3. The van der Waals surface area contributed by atoms with Gasteiger partial charge in [0.1, 0.15) is 29.4 Å². The number of aliphatic hydroxyl groups excluding tert-OH is 1. The van der Waals surface area contributed by atoms with Gasteiger partial charge in [-0.25, -0.2) is 9.97 Å². The Balaban J connectivity index is 0.800. The lowest BCUT2D eigenvalue weighted by Crippen LogP contribution is -2.58. The van der Waals surface area contributed by atoms with Gasteiger partial charge >= 0.3 is 0 Å². The van der Waals surface area contributed by atoms with Gasteiger partial charge in [-0.2, -0.15) is 0 Å². The summed E-state index contributed by atoms with van der Waals surface area (Å²) < 4.78 is 17.8. The van der Waals surface area contributed by atoms with Crippen LogP contribution in [0.15, 0.2) is 90.6 Å². The van der Waals surface area contributed by atoms with Crippen molar-refractivity contribution in [2.24, 2.45) is 5.41 Å². The Bertz CT molecular complexity index is 2480. The molecule has 3 amide bonds. The molecule has 1 fully saturated rings. The maximum Gasteiger partial charge on any atom is 0.246 e. The van der Waals surface area contributed by atoms with Crippen molar-refractivity contribution in [3.8, 4) is 37.9 Å². The zero-order chi connectivity index (χ0) is 44.5. The third-order valence-electron chi connectivity index (χ3n) is 10.9. The molecule has 330 valence electrons. The van der Waals surface area contributed by atoms with Crippen LogP contribution in [0.4, 0.5) is 0 Å². The third-order valence-corrected chi connectivity index (χ3v) is 13.0. The van der Waals surface area contributed by atoms with Crippen molar-refractivity contribution >= 4 is 50.6 Å². The molecule has 1 saturated heterocycles. The zero-order valence-corrected chi connectivity index (χ0v) is 37.9. The van der Waals surface area contributed by atoms with E-state index in [9.17, 15) is 19.5 Å². The van der Waals surface area contributed by atoms with Crippen LogP contribution in [0.3, 0.4) is 0 Å². The summed E-state index contributed by atoms with van der Waals surface area (Å²) in [7, 11) is 1.67. The first-order valence-electron chi connectivity index (χ1n) is 21.1. The average molecular weight is 891 g/mol. The lowest BCUT2D eigenvalue weighted by Gasteiger charge is -2.35. The van der Waals surface area contributed by atoms with Gasteiger partial charge in [-0.05, 0) is 66.1 Å². The van der Waals surface area contributed by atoms with Gasteiger partial charge in [0.2, 0.25) is 17.7 Å². The molecular formula is C48H54N6O7S2. The van der Waals surface area contributed by atoms with E-state index in [1.807, 2.05) is 87.9 Å². The van der Waals surface area contributed by atoms with Crippen LogP contribution in [0.25, 0.3) is 42.4 Å². The summed E-state index contributed by atoms with van der Waals surface area (Å²) in [5.41, 5.74) is 9.16. The minimum absolute atomic E-state index is 0.00376. The fourth-order valence-electron chi connectivity index (χ4n) is 7.43. The minimum Gasteiger partial charge on any atom is -0.497 e. The number of carbonyl (C=O) groups is 3. The first kappa shape index (κ1) is 45.4. The largest absolute Gasteiger partial charge is 0.497 e. The molecule has 13 nitrogen and oxygen atoms in total. The van der Waals surface area contributed by atoms with E-state index in [0.29, 0.717) is 13.2 Å². The number of carbonyl (C=O) groups excluding carboxylic acids is 3. The second-order valence-corrected chi connectivity index (χ2v) is 18.6. The number of aryl methyl sites for hydroxylation is 2. The Labute approximate surface area is 375 Å². The number of β-amino-alcohol motifs (C(OH)–C–C–N with tert-alkyl or cyclic N) is 1. The van der Waals surface area contributed by atoms with Gasteiger partial charge in [-0.15, -0.1) is 22.7 Å². The highest BCUT2D eigenvalue weighted by molar-refractivity contribution is 7.21. The Morgan fingerprint density at radius 3 is 2.33 bits per heavy atom. The molecule has 4 heterocycles. The molecule has 1 aliphatic rings. The number of ether oxygens (including phenoxy) is 3. The number of hydrogen-bond acceptors (Lipinski definition) is 12. The molecule has 0 aliphatic carbocycles. The van der Waals surface area contributed by atoms with E-state index in [1.54, 1.807) is 29.8 Å². The normalized spacial score (nSPS) is 15.7. The van der Waals surface area contributed by atoms with Gasteiger partial charge < -0.3 is 34.9 Å². The van der Waals surface area contributed by atoms with E-state index < -0.39 is 35.4 Å². The van der Waals surface area contributed by atoms with Crippen molar-refractivity contribution in [3.63, 3.8) is 0 Å². The second kappa shape index (κ2) is 20.7. The first-order chi connectivity index (χ1) is 30.4. The van der Waals surface area contributed by atoms with Crippen LogP contribution in [0, 0.1) is 12.3 Å². The topological polar surface area (TPSA) is 165 Å². The molecule has 3 aromatic carbocycles. The SMILES string of the molecule is COc1ccc2nc(-c3ccc(-c4ccc(CCCOCCOCC(=O)NC(C(=O)N5C[C@H](O)C[C@H]5C(=O)NCc5ccc(-c6scnc6C)cc5)C(C)(C)C)nc4)cc3)sc2c1. The third kappa shape index (κ3) is 11.7. The molecule has 1 unspecified atom stereocenters. The summed E-state index contributed by atoms with van der Waals surface area (Å²) in [6, 6.07) is 24.5. The number of thiazole rings is 2. The molecule has 7 rings (SSSR count). The first-order valence-corrected chi connectivity index (χ1v) is 22.8. The van der Waals surface area contributed by atoms with Crippen LogP contribution in [0.2, 0.25) is 0 Å². The van der Waals surface area contributed by atoms with Crippen molar-refractivity contribution in [2.45, 2.75) is 71.7 Å². The summed E-state index contributed by atoms with van der Waals surface area (Å²) >= 11 is 3.22. The molecule has 3 atom stereocenters. The van der Waals surface area contributed by atoms with Crippen molar-refractivity contribution < 1.29 is 33.7 Å². The number of rotatable bonds is 18. The van der Waals surface area contributed by atoms with E-state index in [2.05, 4.69) is 50.9 Å². The molecule has 3 N–H and O–H groups in total. The van der Waals surface area contributed by atoms with Gasteiger partial charge in [0.15, 0.2) is 0 Å². The molecule has 1 aliphatic heterocycles. The van der Waals surface area contributed by atoms with Gasteiger partial charge in [0.05, 0.1) is 52.7 Å². The number of methoxy groups -OCH3 is 1. The Kier molecular flexibility index (Phi) is 15.0. The number of hydrogen-bond donors (Lipinski definition) is 3. The molecule has 63 heavy (non-hydrogen) atoms. The van der Waals surface area contributed by atoms with Gasteiger partial charge in [-0.3, -0.25) is 19.4 Å². The predicted octanol–water partition coefficient (Wildman–Crippen LogP) is 7.24. The van der Waals surface area contributed by atoms with E-state index in [4.69, 9.17) is 19.2 Å². The van der Waals surface area contributed by atoms with Crippen LogP contribution in [0.1, 0.15) is 50.6 Å². The van der Waals surface area contributed by atoms with Crippen molar-refractivity contribution in [3.05, 3.63) is 108 Å². The molecule has 0 saturated carbocycles. The fraction of sp³-hybridized carbons (Fsp3) is 0.375. The number of amides is 3. The standard InChI is InChI=1S/C48H54N6O7S2/c1-30-43(62-29-51-30)33-10-8-31(9-11-33)25-50-45(57)40-23-37(55)27-54(40)47(58)44(48(2,3)4)53-42(56)28-61-22-21-60-20-6-7-36-17-16-35(26-49-36)32-12-14-34(15-13-32)46-52-39-19-18-38(59-5)24-41(39)63-46/h8-19,24,26,29,37,40,44,55H,6-7,20-23,25,27-28H2,1-5H3,(H,50,57)(H,53,56)/t37-,40+,44?/m1/s1. The minimum atomic E-state index is -0.947. The Morgan fingerprint density at radius 1 is 0.905 bits per heavy atom. The molecule has 3 aromatic heterocycles. The maximum absolute atomic E-state index is 13.9. The second-order valence-electron chi connectivity index (χ2n) is 16.7. The summed E-state index contributed by atoms with van der Waals surface area (Å²) in [5.74, 6) is -0.426. The van der Waals surface area contributed by atoms with Crippen LogP contribution < -0.4 is 15.4 Å². The van der Waals surface area contributed by atoms with E-state index in [1.165, 1.54) is 4.90 Å². The number of pyridine rings is 1. The van der Waals surface area contributed by atoms with Gasteiger partial charge in [-0.1, -0.05) is 75.4 Å². The summed E-state index contributed by atoms with van der Waals surface area (Å²) in [5, 5.41) is 17.3. The van der Waals surface area contributed by atoms with Crippen molar-refractivity contribution in [2.75, 3.05) is 40.1 Å².